The Morgan fingerprint density at radius 3 is 2.93 bits per heavy atom. The van der Waals surface area contributed by atoms with Gasteiger partial charge in [0.05, 0.1) is 16.4 Å². The number of carboxylic acid groups (broad SMARTS) is 1. The Balaban J connectivity index is 1.85. The van der Waals surface area contributed by atoms with Crippen molar-refractivity contribution in [3.8, 4) is 0 Å². The van der Waals surface area contributed by atoms with Crippen LogP contribution in [0, 0.1) is 0 Å². The molecule has 0 aliphatic heterocycles. The normalized spacial score (nSPS) is 12.9. The second-order valence-corrected chi connectivity index (χ2v) is 7.79. The number of fused-ring (bicyclic) bond motifs is 1. The van der Waals surface area contributed by atoms with Gasteiger partial charge in [0.15, 0.2) is 10.9 Å². The van der Waals surface area contributed by atoms with Gasteiger partial charge in [0.2, 0.25) is 0 Å². The summed E-state index contributed by atoms with van der Waals surface area (Å²) in [5, 5.41) is 14.2. The van der Waals surface area contributed by atoms with Gasteiger partial charge in [0.1, 0.15) is 11.2 Å². The lowest BCUT2D eigenvalue weighted by molar-refractivity contribution is 0.0689. The summed E-state index contributed by atoms with van der Waals surface area (Å²) in [6.45, 7) is 7.49. The molecule has 0 saturated heterocycles. The van der Waals surface area contributed by atoms with E-state index in [-0.39, 0.29) is 11.7 Å². The van der Waals surface area contributed by atoms with E-state index < -0.39 is 11.5 Å². The van der Waals surface area contributed by atoms with Crippen molar-refractivity contribution in [2.45, 2.75) is 19.4 Å². The molecule has 0 fully saturated rings. The topological polar surface area (TPSA) is 118 Å². The van der Waals surface area contributed by atoms with Gasteiger partial charge >= 0.3 is 5.97 Å². The van der Waals surface area contributed by atoms with E-state index in [0.717, 1.165) is 0 Å². The molecular weight excluding hydrogens is 412 g/mol. The number of aromatic carboxylic acids is 1. The van der Waals surface area contributed by atoms with Crippen LogP contribution in [0.2, 0.25) is 5.02 Å². The summed E-state index contributed by atoms with van der Waals surface area (Å²) in [4.78, 5) is 25.0. The molecule has 150 valence electrons. The lowest BCUT2D eigenvalue weighted by atomic mass is 10.0. The number of halogens is 1. The molecule has 0 atom stereocenters. The van der Waals surface area contributed by atoms with E-state index in [0.29, 0.717) is 26.9 Å². The Hall–Kier alpha value is -3.17. The van der Waals surface area contributed by atoms with Crippen molar-refractivity contribution in [2.24, 2.45) is 10.7 Å². The van der Waals surface area contributed by atoms with Gasteiger partial charge in [-0.15, -0.1) is 11.3 Å². The fraction of sp³-hybridized carbons (Fsp3) is 0.158. The van der Waals surface area contributed by atoms with Crippen molar-refractivity contribution < 1.29 is 9.90 Å². The number of carboxylic acids is 1. The van der Waals surface area contributed by atoms with Crippen LogP contribution in [0.25, 0.3) is 10.5 Å². The summed E-state index contributed by atoms with van der Waals surface area (Å²) in [5.74, 6) is -0.863. The number of imidazole rings is 1. The first-order valence-electron chi connectivity index (χ1n) is 8.48. The van der Waals surface area contributed by atoms with Crippen molar-refractivity contribution in [1.82, 2.24) is 19.7 Å². The zero-order chi connectivity index (χ0) is 21.2. The maximum atomic E-state index is 11.3. The highest BCUT2D eigenvalue weighted by Gasteiger charge is 2.24. The van der Waals surface area contributed by atoms with Crippen LogP contribution in [0.15, 0.2) is 53.8 Å². The standard InChI is InChI=1S/C19H19ClN6O2S/c1-4-11(13-9-26-14(16(27)28)10-29-18(26)24-13)8-23-17(21)25-19(2,3)15-12(20)6-5-7-22-15/h4-10H,1H2,2-3H3,(H,27,28)(H3,21,23,25)/b11-8+. The first kappa shape index (κ1) is 20.6. The van der Waals surface area contributed by atoms with Gasteiger partial charge in [-0.1, -0.05) is 24.3 Å². The molecule has 10 heteroatoms. The third-order valence-electron chi connectivity index (χ3n) is 4.06. The summed E-state index contributed by atoms with van der Waals surface area (Å²) >= 11 is 7.46. The Morgan fingerprint density at radius 2 is 2.28 bits per heavy atom. The number of guanidine groups is 1. The quantitative estimate of drug-likeness (QED) is 0.313. The number of hydrogen-bond acceptors (Lipinski definition) is 5. The first-order valence-corrected chi connectivity index (χ1v) is 9.74. The van der Waals surface area contributed by atoms with Crippen molar-refractivity contribution in [1.29, 1.82) is 0 Å². The van der Waals surface area contributed by atoms with Crippen molar-refractivity contribution in [3.05, 3.63) is 70.9 Å². The Morgan fingerprint density at radius 1 is 1.52 bits per heavy atom. The van der Waals surface area contributed by atoms with Crippen LogP contribution in [0.4, 0.5) is 0 Å². The molecule has 0 saturated carbocycles. The van der Waals surface area contributed by atoms with Crippen LogP contribution in [0.5, 0.6) is 0 Å². The highest BCUT2D eigenvalue weighted by molar-refractivity contribution is 7.15. The minimum absolute atomic E-state index is 0.148. The molecular formula is C19H19ClN6O2S. The van der Waals surface area contributed by atoms with Crippen LogP contribution in [-0.4, -0.2) is 31.4 Å². The number of nitrogens with two attached hydrogens (primary N) is 1. The van der Waals surface area contributed by atoms with Crippen LogP contribution in [0.3, 0.4) is 0 Å². The molecule has 3 aromatic rings. The molecule has 8 nitrogen and oxygen atoms in total. The van der Waals surface area contributed by atoms with E-state index in [9.17, 15) is 9.90 Å². The number of carbonyl (C=O) groups is 1. The number of nitrogens with zero attached hydrogens (tertiary/aromatic N) is 4. The number of pyridine rings is 1. The zero-order valence-electron chi connectivity index (χ0n) is 15.8. The monoisotopic (exact) mass is 430 g/mol. The number of aliphatic imine (C=N–C) groups is 1. The fourth-order valence-corrected chi connectivity index (χ4v) is 3.89. The summed E-state index contributed by atoms with van der Waals surface area (Å²) in [7, 11) is 0. The SMILES string of the molecule is C=C/C(=C\NC(N)=NC(C)(C)c1ncccc1Cl)c1cn2c(C(=O)O)csc2n1. The van der Waals surface area contributed by atoms with Crippen LogP contribution in [-0.2, 0) is 5.54 Å². The third kappa shape index (κ3) is 4.30. The van der Waals surface area contributed by atoms with Crippen LogP contribution in [0.1, 0.15) is 35.7 Å². The van der Waals surface area contributed by atoms with E-state index in [1.54, 1.807) is 42.2 Å². The number of rotatable bonds is 6. The molecule has 29 heavy (non-hydrogen) atoms. The third-order valence-corrected chi connectivity index (χ3v) is 5.20. The number of nitrogens with one attached hydrogen (secondary N) is 1. The summed E-state index contributed by atoms with van der Waals surface area (Å²) < 4.78 is 1.52. The minimum Gasteiger partial charge on any atom is -0.477 e. The van der Waals surface area contributed by atoms with Crippen LogP contribution >= 0.6 is 22.9 Å². The van der Waals surface area contributed by atoms with Crippen molar-refractivity contribution in [3.63, 3.8) is 0 Å². The number of allylic oxidation sites excluding steroid dienone is 2. The average molecular weight is 431 g/mol. The molecule has 0 spiro atoms. The van der Waals surface area contributed by atoms with Crippen molar-refractivity contribution >= 4 is 45.4 Å². The largest absolute Gasteiger partial charge is 0.477 e. The first-order chi connectivity index (χ1) is 13.7. The van der Waals surface area contributed by atoms with E-state index >= 15 is 0 Å². The fourth-order valence-electron chi connectivity index (χ4n) is 2.69. The molecule has 0 amide bonds. The molecule has 0 aliphatic rings. The van der Waals surface area contributed by atoms with E-state index in [2.05, 4.69) is 26.9 Å². The second-order valence-electron chi connectivity index (χ2n) is 6.54. The van der Waals surface area contributed by atoms with Gasteiger partial charge in [-0.05, 0) is 26.0 Å². The Labute approximate surface area is 176 Å². The summed E-state index contributed by atoms with van der Waals surface area (Å²) in [6.07, 6.45) is 6.48. The number of hydrogen-bond donors (Lipinski definition) is 3. The van der Waals surface area contributed by atoms with Gasteiger partial charge in [-0.2, -0.15) is 0 Å². The van der Waals surface area contributed by atoms with Crippen molar-refractivity contribution in [2.75, 3.05) is 0 Å². The molecule has 4 N–H and O–H groups in total. The summed E-state index contributed by atoms with van der Waals surface area (Å²) in [6, 6.07) is 3.49. The van der Waals surface area contributed by atoms with E-state index in [1.807, 2.05) is 13.8 Å². The number of aromatic nitrogens is 3. The van der Waals surface area contributed by atoms with Gasteiger partial charge in [-0.3, -0.25) is 9.38 Å². The Bertz CT molecular complexity index is 1140. The van der Waals surface area contributed by atoms with Gasteiger partial charge < -0.3 is 16.2 Å². The zero-order valence-corrected chi connectivity index (χ0v) is 17.3. The minimum atomic E-state index is -1.02. The predicted octanol–water partition coefficient (Wildman–Crippen LogP) is 3.51. The molecule has 0 aromatic carbocycles. The summed E-state index contributed by atoms with van der Waals surface area (Å²) in [5.41, 5.74) is 7.23. The maximum Gasteiger partial charge on any atom is 0.353 e. The van der Waals surface area contributed by atoms with E-state index in [4.69, 9.17) is 17.3 Å². The molecule has 0 aliphatic carbocycles. The maximum absolute atomic E-state index is 11.3. The molecule has 3 aromatic heterocycles. The van der Waals surface area contributed by atoms with Gasteiger partial charge in [-0.25, -0.2) is 14.8 Å². The highest BCUT2D eigenvalue weighted by atomic mass is 35.5. The average Bonchev–Trinajstić information content (AvgIpc) is 3.22. The van der Waals surface area contributed by atoms with E-state index in [1.165, 1.54) is 15.7 Å². The molecule has 0 bridgehead atoms. The molecule has 3 rings (SSSR count). The second kappa shape index (κ2) is 8.06. The molecule has 0 radical (unpaired) electrons. The molecule has 3 heterocycles. The van der Waals surface area contributed by atoms with Crippen LogP contribution < -0.4 is 11.1 Å². The highest BCUT2D eigenvalue weighted by Crippen LogP contribution is 2.28. The Kier molecular flexibility index (Phi) is 5.71. The number of thiazole rings is 1. The smallest absolute Gasteiger partial charge is 0.353 e. The lowest BCUT2D eigenvalue weighted by Gasteiger charge is -2.21. The molecule has 0 unspecified atom stereocenters. The van der Waals surface area contributed by atoms with Gasteiger partial charge in [0.25, 0.3) is 0 Å². The van der Waals surface area contributed by atoms with Gasteiger partial charge in [0, 0.05) is 29.5 Å². The lowest BCUT2D eigenvalue weighted by Crippen LogP contribution is -2.32. The predicted molar refractivity (Wildman–Crippen MR) is 115 cm³/mol.